The number of hydrogen-bond acceptors (Lipinski definition) is 4. The highest BCUT2D eigenvalue weighted by Gasteiger charge is 2.11. The highest BCUT2D eigenvalue weighted by atomic mass is 35.5. The Bertz CT molecular complexity index is 1160. The van der Waals surface area contributed by atoms with Crippen LogP contribution in [-0.2, 0) is 6.61 Å². The molecule has 1 aliphatic rings. The normalized spacial score (nSPS) is 13.8. The predicted molar refractivity (Wildman–Crippen MR) is 139 cm³/mol. The Morgan fingerprint density at radius 1 is 1.00 bits per heavy atom. The summed E-state index contributed by atoms with van der Waals surface area (Å²) >= 11 is 6.10. The third kappa shape index (κ3) is 6.00. The lowest BCUT2D eigenvalue weighted by molar-refractivity contribution is 0.104. The molecule has 0 saturated carbocycles. The van der Waals surface area contributed by atoms with Crippen molar-refractivity contribution >= 4 is 29.1 Å². The van der Waals surface area contributed by atoms with E-state index in [0.717, 1.165) is 41.3 Å². The molecule has 1 fully saturated rings. The van der Waals surface area contributed by atoms with E-state index in [-0.39, 0.29) is 5.78 Å². The van der Waals surface area contributed by atoms with Crippen LogP contribution >= 0.6 is 11.6 Å². The maximum absolute atomic E-state index is 12.7. The summed E-state index contributed by atoms with van der Waals surface area (Å²) in [6.07, 6.45) is 7.22. The zero-order valence-electron chi connectivity index (χ0n) is 19.7. The van der Waals surface area contributed by atoms with Gasteiger partial charge in [0, 0.05) is 34.9 Å². The van der Waals surface area contributed by atoms with Crippen molar-refractivity contribution in [2.45, 2.75) is 32.8 Å². The fraction of sp³-hybridized carbons (Fsp3) is 0.276. The third-order valence-corrected chi connectivity index (χ3v) is 6.55. The molecular weight excluding hydrogens is 446 g/mol. The van der Waals surface area contributed by atoms with E-state index in [1.165, 1.54) is 24.9 Å². The van der Waals surface area contributed by atoms with Gasteiger partial charge in [0.1, 0.15) is 18.1 Å². The fourth-order valence-corrected chi connectivity index (χ4v) is 4.26. The second-order valence-corrected chi connectivity index (χ2v) is 8.97. The molecule has 0 aliphatic carbocycles. The second kappa shape index (κ2) is 11.3. The van der Waals surface area contributed by atoms with Gasteiger partial charge in [0.2, 0.25) is 0 Å². The number of aryl methyl sites for hydroxylation is 1. The molecule has 0 N–H and O–H groups in total. The topological polar surface area (TPSA) is 38.8 Å². The number of allylic oxidation sites excluding steroid dienone is 1. The van der Waals surface area contributed by atoms with Crippen molar-refractivity contribution in [1.82, 2.24) is 0 Å². The van der Waals surface area contributed by atoms with Crippen LogP contribution in [0, 0.1) is 6.92 Å². The number of ketones is 1. The standard InChI is InChI=1S/C29H30ClNO3/c1-21-18-26(12-13-27(21)30)34-20-24-19-22(7-15-29(24)33-2)6-14-28(32)23-8-10-25(11-9-23)31-16-4-3-5-17-31/h6-15,18-19H,3-5,16-17,20H2,1-2H3/b14-6+. The molecule has 3 aromatic carbocycles. The summed E-state index contributed by atoms with van der Waals surface area (Å²) in [7, 11) is 1.64. The SMILES string of the molecule is COc1ccc(/C=C/C(=O)c2ccc(N3CCCCC3)cc2)cc1COc1ccc(Cl)c(C)c1. The first kappa shape index (κ1) is 23.9. The van der Waals surface area contributed by atoms with Gasteiger partial charge in [-0.2, -0.15) is 0 Å². The zero-order valence-corrected chi connectivity index (χ0v) is 20.5. The summed E-state index contributed by atoms with van der Waals surface area (Å²) in [6, 6.07) is 19.3. The number of benzene rings is 3. The van der Waals surface area contributed by atoms with Gasteiger partial charge in [-0.3, -0.25) is 4.79 Å². The average molecular weight is 476 g/mol. The van der Waals surface area contributed by atoms with E-state index >= 15 is 0 Å². The van der Waals surface area contributed by atoms with E-state index < -0.39 is 0 Å². The first-order chi connectivity index (χ1) is 16.5. The molecule has 0 spiro atoms. The maximum atomic E-state index is 12.7. The molecule has 176 valence electrons. The highest BCUT2D eigenvalue weighted by Crippen LogP contribution is 2.26. The number of ether oxygens (including phenoxy) is 2. The molecule has 1 heterocycles. The number of halogens is 1. The first-order valence-corrected chi connectivity index (χ1v) is 12.0. The van der Waals surface area contributed by atoms with Crippen LogP contribution in [0.1, 0.15) is 46.3 Å². The molecular formula is C29H30ClNO3. The molecule has 4 rings (SSSR count). The molecule has 4 nitrogen and oxygen atoms in total. The third-order valence-electron chi connectivity index (χ3n) is 6.13. The molecule has 0 unspecified atom stereocenters. The number of hydrogen-bond donors (Lipinski definition) is 0. The minimum absolute atomic E-state index is 0.0181. The number of carbonyl (C=O) groups excluding carboxylic acids is 1. The van der Waals surface area contributed by atoms with Gasteiger partial charge in [0.05, 0.1) is 7.11 Å². The van der Waals surface area contributed by atoms with E-state index in [4.69, 9.17) is 21.1 Å². The first-order valence-electron chi connectivity index (χ1n) is 11.7. The fourth-order valence-electron chi connectivity index (χ4n) is 4.14. The smallest absolute Gasteiger partial charge is 0.185 e. The van der Waals surface area contributed by atoms with Crippen LogP contribution in [0.2, 0.25) is 5.02 Å². The Morgan fingerprint density at radius 3 is 2.47 bits per heavy atom. The number of rotatable bonds is 8. The van der Waals surface area contributed by atoms with Crippen molar-refractivity contribution in [3.63, 3.8) is 0 Å². The molecule has 1 aliphatic heterocycles. The van der Waals surface area contributed by atoms with Gasteiger partial charge in [-0.15, -0.1) is 0 Å². The summed E-state index contributed by atoms with van der Waals surface area (Å²) < 4.78 is 11.4. The molecule has 0 amide bonds. The second-order valence-electron chi connectivity index (χ2n) is 8.56. The van der Waals surface area contributed by atoms with Crippen molar-refractivity contribution in [3.05, 3.63) is 94.0 Å². The summed E-state index contributed by atoms with van der Waals surface area (Å²) in [5.74, 6) is 1.46. The Balaban J connectivity index is 1.42. The van der Waals surface area contributed by atoms with Crippen molar-refractivity contribution in [1.29, 1.82) is 0 Å². The van der Waals surface area contributed by atoms with Gasteiger partial charge in [0.15, 0.2) is 5.78 Å². The lowest BCUT2D eigenvalue weighted by atomic mass is 10.1. The molecule has 0 atom stereocenters. The predicted octanol–water partition coefficient (Wildman–Crippen LogP) is 7.12. The van der Waals surface area contributed by atoms with Crippen LogP contribution in [0.4, 0.5) is 5.69 Å². The van der Waals surface area contributed by atoms with Crippen LogP contribution in [0.3, 0.4) is 0 Å². The zero-order chi connectivity index (χ0) is 23.9. The van der Waals surface area contributed by atoms with Crippen LogP contribution < -0.4 is 14.4 Å². The van der Waals surface area contributed by atoms with Gasteiger partial charge in [-0.05, 0) is 98.0 Å². The molecule has 0 bridgehead atoms. The Labute approximate surface area is 206 Å². The number of carbonyl (C=O) groups is 1. The van der Waals surface area contributed by atoms with Crippen molar-refractivity contribution in [3.8, 4) is 11.5 Å². The van der Waals surface area contributed by atoms with E-state index in [0.29, 0.717) is 17.2 Å². The maximum Gasteiger partial charge on any atom is 0.185 e. The van der Waals surface area contributed by atoms with Crippen LogP contribution in [0.25, 0.3) is 6.08 Å². The van der Waals surface area contributed by atoms with Crippen LogP contribution in [-0.4, -0.2) is 26.0 Å². The van der Waals surface area contributed by atoms with E-state index in [1.54, 1.807) is 13.2 Å². The summed E-state index contributed by atoms with van der Waals surface area (Å²) in [5.41, 5.74) is 4.65. The quantitative estimate of drug-likeness (QED) is 0.257. The summed E-state index contributed by atoms with van der Waals surface area (Å²) in [5, 5.41) is 0.711. The monoisotopic (exact) mass is 475 g/mol. The van der Waals surface area contributed by atoms with Gasteiger partial charge in [-0.25, -0.2) is 0 Å². The lowest BCUT2D eigenvalue weighted by Crippen LogP contribution is -2.29. The van der Waals surface area contributed by atoms with Gasteiger partial charge in [-0.1, -0.05) is 23.7 Å². The van der Waals surface area contributed by atoms with Gasteiger partial charge >= 0.3 is 0 Å². The van der Waals surface area contributed by atoms with Crippen molar-refractivity contribution in [2.75, 3.05) is 25.1 Å². The lowest BCUT2D eigenvalue weighted by Gasteiger charge is -2.28. The summed E-state index contributed by atoms with van der Waals surface area (Å²) in [4.78, 5) is 15.1. The van der Waals surface area contributed by atoms with Crippen LogP contribution in [0.5, 0.6) is 11.5 Å². The van der Waals surface area contributed by atoms with Crippen LogP contribution in [0.15, 0.2) is 66.7 Å². The van der Waals surface area contributed by atoms with E-state index in [2.05, 4.69) is 4.90 Å². The minimum atomic E-state index is -0.0181. The van der Waals surface area contributed by atoms with Gasteiger partial charge < -0.3 is 14.4 Å². The largest absolute Gasteiger partial charge is 0.496 e. The Hall–Kier alpha value is -3.24. The average Bonchev–Trinajstić information content (AvgIpc) is 2.88. The number of piperidine rings is 1. The Kier molecular flexibility index (Phi) is 7.91. The van der Waals surface area contributed by atoms with Crippen molar-refractivity contribution in [2.24, 2.45) is 0 Å². The highest BCUT2D eigenvalue weighted by molar-refractivity contribution is 6.31. The molecule has 3 aromatic rings. The Morgan fingerprint density at radius 2 is 1.76 bits per heavy atom. The number of anilines is 1. The van der Waals surface area contributed by atoms with Crippen molar-refractivity contribution < 1.29 is 14.3 Å². The molecule has 5 heteroatoms. The molecule has 1 saturated heterocycles. The van der Waals surface area contributed by atoms with Gasteiger partial charge in [0.25, 0.3) is 0 Å². The molecule has 34 heavy (non-hydrogen) atoms. The molecule has 0 aromatic heterocycles. The molecule has 0 radical (unpaired) electrons. The number of methoxy groups -OCH3 is 1. The summed E-state index contributed by atoms with van der Waals surface area (Å²) in [6.45, 7) is 4.47. The van der Waals surface area contributed by atoms with E-state index in [1.807, 2.05) is 73.7 Å². The van der Waals surface area contributed by atoms with E-state index in [9.17, 15) is 4.79 Å². The minimum Gasteiger partial charge on any atom is -0.496 e. The number of nitrogens with zero attached hydrogens (tertiary/aromatic N) is 1.